The standard InChI is InChI=1S/C14H13ClO3/c1-17-13-4-2-3-5-14(13)18-9-10-6-7-11(15)8-12(10)16/h2-8,16H,9H2,1H3. The lowest BCUT2D eigenvalue weighted by Gasteiger charge is -2.11. The van der Waals surface area contributed by atoms with Crippen molar-refractivity contribution in [1.29, 1.82) is 0 Å². The molecular weight excluding hydrogens is 252 g/mol. The molecule has 0 saturated carbocycles. The summed E-state index contributed by atoms with van der Waals surface area (Å²) in [5, 5.41) is 10.2. The molecule has 0 aliphatic carbocycles. The van der Waals surface area contributed by atoms with Gasteiger partial charge >= 0.3 is 0 Å². The molecule has 2 rings (SSSR count). The fourth-order valence-electron chi connectivity index (χ4n) is 1.55. The molecule has 4 heteroatoms. The summed E-state index contributed by atoms with van der Waals surface area (Å²) in [4.78, 5) is 0. The number of phenols is 1. The number of benzene rings is 2. The van der Waals surface area contributed by atoms with Gasteiger partial charge in [0.1, 0.15) is 12.4 Å². The fourth-order valence-corrected chi connectivity index (χ4v) is 1.72. The highest BCUT2D eigenvalue weighted by molar-refractivity contribution is 6.30. The lowest BCUT2D eigenvalue weighted by Crippen LogP contribution is -1.97. The largest absolute Gasteiger partial charge is 0.507 e. The maximum Gasteiger partial charge on any atom is 0.161 e. The van der Waals surface area contributed by atoms with E-state index in [0.29, 0.717) is 22.1 Å². The van der Waals surface area contributed by atoms with Gasteiger partial charge in [0.05, 0.1) is 7.11 Å². The molecule has 1 N–H and O–H groups in total. The third-order valence-electron chi connectivity index (χ3n) is 2.50. The Morgan fingerprint density at radius 2 is 1.83 bits per heavy atom. The zero-order valence-corrected chi connectivity index (χ0v) is 10.6. The van der Waals surface area contributed by atoms with Crippen LogP contribution in [0, 0.1) is 0 Å². The van der Waals surface area contributed by atoms with Gasteiger partial charge in [-0.3, -0.25) is 0 Å². The van der Waals surface area contributed by atoms with Crippen molar-refractivity contribution in [3.8, 4) is 17.2 Å². The van der Waals surface area contributed by atoms with Crippen LogP contribution < -0.4 is 9.47 Å². The van der Waals surface area contributed by atoms with E-state index in [1.807, 2.05) is 24.3 Å². The minimum atomic E-state index is 0.123. The monoisotopic (exact) mass is 264 g/mol. The number of rotatable bonds is 4. The molecule has 0 atom stereocenters. The van der Waals surface area contributed by atoms with E-state index in [1.165, 1.54) is 6.07 Å². The first-order valence-corrected chi connectivity index (χ1v) is 5.81. The van der Waals surface area contributed by atoms with Crippen LogP contribution in [-0.4, -0.2) is 12.2 Å². The summed E-state index contributed by atoms with van der Waals surface area (Å²) in [7, 11) is 1.59. The summed E-state index contributed by atoms with van der Waals surface area (Å²) >= 11 is 5.76. The molecule has 0 amide bonds. The van der Waals surface area contributed by atoms with E-state index < -0.39 is 0 Å². The van der Waals surface area contributed by atoms with E-state index in [0.717, 1.165) is 0 Å². The molecule has 18 heavy (non-hydrogen) atoms. The molecule has 2 aromatic carbocycles. The van der Waals surface area contributed by atoms with E-state index in [2.05, 4.69) is 0 Å². The van der Waals surface area contributed by atoms with Crippen LogP contribution in [0.2, 0.25) is 5.02 Å². The lowest BCUT2D eigenvalue weighted by molar-refractivity contribution is 0.279. The van der Waals surface area contributed by atoms with Crippen molar-refractivity contribution >= 4 is 11.6 Å². The number of halogens is 1. The predicted octanol–water partition coefficient (Wildman–Crippen LogP) is 3.63. The van der Waals surface area contributed by atoms with Crippen LogP contribution in [0.25, 0.3) is 0 Å². The molecule has 0 radical (unpaired) electrons. The Kier molecular flexibility index (Phi) is 3.95. The van der Waals surface area contributed by atoms with Crippen molar-refractivity contribution in [3.63, 3.8) is 0 Å². The van der Waals surface area contributed by atoms with Gasteiger partial charge in [-0.15, -0.1) is 0 Å². The first-order chi connectivity index (χ1) is 8.70. The quantitative estimate of drug-likeness (QED) is 0.916. The average Bonchev–Trinajstić information content (AvgIpc) is 2.38. The van der Waals surface area contributed by atoms with Crippen molar-refractivity contribution in [1.82, 2.24) is 0 Å². The number of phenolic OH excluding ortho intramolecular Hbond substituents is 1. The Balaban J connectivity index is 2.11. The number of aromatic hydroxyl groups is 1. The van der Waals surface area contributed by atoms with Crippen LogP contribution >= 0.6 is 11.6 Å². The minimum absolute atomic E-state index is 0.123. The summed E-state index contributed by atoms with van der Waals surface area (Å²) < 4.78 is 10.8. The number of hydrogen-bond donors (Lipinski definition) is 1. The fraction of sp³-hybridized carbons (Fsp3) is 0.143. The molecule has 0 bridgehead atoms. The SMILES string of the molecule is COc1ccccc1OCc1ccc(Cl)cc1O. The van der Waals surface area contributed by atoms with Crippen molar-refractivity contribution < 1.29 is 14.6 Å². The Morgan fingerprint density at radius 1 is 1.11 bits per heavy atom. The Bertz CT molecular complexity index is 540. The normalized spacial score (nSPS) is 10.1. The van der Waals surface area contributed by atoms with E-state index in [9.17, 15) is 5.11 Å². The summed E-state index contributed by atoms with van der Waals surface area (Å²) in [5.74, 6) is 1.41. The van der Waals surface area contributed by atoms with E-state index >= 15 is 0 Å². The lowest BCUT2D eigenvalue weighted by atomic mass is 10.2. The topological polar surface area (TPSA) is 38.7 Å². The maximum absolute atomic E-state index is 9.70. The molecule has 2 aromatic rings. The van der Waals surface area contributed by atoms with Crippen LogP contribution in [-0.2, 0) is 6.61 Å². The molecule has 0 aromatic heterocycles. The van der Waals surface area contributed by atoms with E-state index in [1.54, 1.807) is 19.2 Å². The van der Waals surface area contributed by atoms with Gasteiger partial charge in [-0.1, -0.05) is 29.8 Å². The van der Waals surface area contributed by atoms with E-state index in [-0.39, 0.29) is 12.4 Å². The van der Waals surface area contributed by atoms with Gasteiger partial charge in [-0.25, -0.2) is 0 Å². The summed E-state index contributed by atoms with van der Waals surface area (Å²) in [6, 6.07) is 12.3. The van der Waals surface area contributed by atoms with Gasteiger partial charge < -0.3 is 14.6 Å². The molecule has 0 heterocycles. The molecular formula is C14H13ClO3. The van der Waals surface area contributed by atoms with Crippen LogP contribution in [0.3, 0.4) is 0 Å². The predicted molar refractivity (Wildman–Crippen MR) is 70.4 cm³/mol. The zero-order chi connectivity index (χ0) is 13.0. The molecule has 94 valence electrons. The maximum atomic E-state index is 9.70. The Labute approximate surface area is 111 Å². The Morgan fingerprint density at radius 3 is 2.50 bits per heavy atom. The molecule has 0 unspecified atom stereocenters. The van der Waals surface area contributed by atoms with Crippen molar-refractivity contribution in [3.05, 3.63) is 53.1 Å². The van der Waals surface area contributed by atoms with Crippen LogP contribution in [0.5, 0.6) is 17.2 Å². The summed E-state index contributed by atoms with van der Waals surface area (Å²) in [6.07, 6.45) is 0. The third-order valence-corrected chi connectivity index (χ3v) is 2.73. The van der Waals surface area contributed by atoms with Gasteiger partial charge in [0.2, 0.25) is 0 Å². The molecule has 0 aliphatic rings. The molecule has 3 nitrogen and oxygen atoms in total. The third kappa shape index (κ3) is 2.87. The molecule has 0 spiro atoms. The average molecular weight is 265 g/mol. The van der Waals surface area contributed by atoms with Crippen molar-refractivity contribution in [2.75, 3.05) is 7.11 Å². The van der Waals surface area contributed by atoms with Gasteiger partial charge in [-0.05, 0) is 24.3 Å². The summed E-state index contributed by atoms with van der Waals surface area (Å²) in [6.45, 7) is 0.253. The zero-order valence-electron chi connectivity index (χ0n) is 9.89. The van der Waals surface area contributed by atoms with Gasteiger partial charge in [-0.2, -0.15) is 0 Å². The van der Waals surface area contributed by atoms with Crippen LogP contribution in [0.4, 0.5) is 0 Å². The van der Waals surface area contributed by atoms with Gasteiger partial charge in [0, 0.05) is 10.6 Å². The van der Waals surface area contributed by atoms with E-state index in [4.69, 9.17) is 21.1 Å². The molecule has 0 saturated heterocycles. The van der Waals surface area contributed by atoms with Crippen molar-refractivity contribution in [2.45, 2.75) is 6.61 Å². The van der Waals surface area contributed by atoms with Gasteiger partial charge in [0.15, 0.2) is 11.5 Å². The summed E-state index contributed by atoms with van der Waals surface area (Å²) in [5.41, 5.74) is 0.672. The molecule has 0 aliphatic heterocycles. The highest BCUT2D eigenvalue weighted by atomic mass is 35.5. The second kappa shape index (κ2) is 5.65. The number of hydrogen-bond acceptors (Lipinski definition) is 3. The van der Waals surface area contributed by atoms with Crippen LogP contribution in [0.15, 0.2) is 42.5 Å². The van der Waals surface area contributed by atoms with Gasteiger partial charge in [0.25, 0.3) is 0 Å². The number of ether oxygens (including phenoxy) is 2. The number of para-hydroxylation sites is 2. The van der Waals surface area contributed by atoms with Crippen LogP contribution in [0.1, 0.15) is 5.56 Å². The highest BCUT2D eigenvalue weighted by Gasteiger charge is 2.06. The molecule has 0 fully saturated rings. The Hall–Kier alpha value is -1.87. The second-order valence-corrected chi connectivity index (χ2v) is 4.15. The highest BCUT2D eigenvalue weighted by Crippen LogP contribution is 2.28. The second-order valence-electron chi connectivity index (χ2n) is 3.71. The van der Waals surface area contributed by atoms with Crippen molar-refractivity contribution in [2.24, 2.45) is 0 Å². The number of methoxy groups -OCH3 is 1. The first kappa shape index (κ1) is 12.6. The first-order valence-electron chi connectivity index (χ1n) is 5.44. The minimum Gasteiger partial charge on any atom is -0.507 e. The smallest absolute Gasteiger partial charge is 0.161 e.